The standard InChI is InChI=1S/C26H28ClF2N3O4S/c27-23-12-18(29)1-4-22(23)26(33)30-14-19-2-3-20(15-30)32(19)24-13-21(11-16-7-10-36-25(16)24)37(34,35)31-8-5-17(28)6-9-31/h1,4,11-13,17,19-20H,2-3,5-10,14-15H2. The van der Waals surface area contributed by atoms with E-state index in [0.717, 1.165) is 30.2 Å². The third kappa shape index (κ3) is 4.36. The second kappa shape index (κ2) is 9.39. The number of benzene rings is 2. The van der Waals surface area contributed by atoms with E-state index in [0.29, 0.717) is 31.9 Å². The maximum atomic E-state index is 13.7. The van der Waals surface area contributed by atoms with Crippen molar-refractivity contribution in [2.45, 2.75) is 55.3 Å². The molecular weight excluding hydrogens is 524 g/mol. The molecule has 0 aliphatic carbocycles. The van der Waals surface area contributed by atoms with Crippen LogP contribution in [-0.4, -0.2) is 74.6 Å². The molecule has 4 heterocycles. The first-order chi connectivity index (χ1) is 17.7. The molecule has 37 heavy (non-hydrogen) atoms. The predicted molar refractivity (Wildman–Crippen MR) is 135 cm³/mol. The van der Waals surface area contributed by atoms with Gasteiger partial charge in [0, 0.05) is 50.2 Å². The Morgan fingerprint density at radius 2 is 1.73 bits per heavy atom. The number of carbonyl (C=O) groups is 1. The zero-order valence-electron chi connectivity index (χ0n) is 20.2. The SMILES string of the molecule is O=C(c1ccc(F)cc1Cl)N1CC2CCC(C1)N2c1cc(S(=O)(=O)N2CCC(F)CC2)cc2c1OCC2. The van der Waals surface area contributed by atoms with Crippen molar-refractivity contribution < 1.29 is 26.7 Å². The van der Waals surface area contributed by atoms with Gasteiger partial charge in [-0.25, -0.2) is 17.2 Å². The lowest BCUT2D eigenvalue weighted by Gasteiger charge is -2.43. The van der Waals surface area contributed by atoms with Gasteiger partial charge in [0.1, 0.15) is 17.7 Å². The molecule has 2 aromatic rings. The van der Waals surface area contributed by atoms with Gasteiger partial charge in [-0.3, -0.25) is 4.79 Å². The number of anilines is 1. The minimum absolute atomic E-state index is 0.0181. The van der Waals surface area contributed by atoms with Gasteiger partial charge in [-0.2, -0.15) is 4.31 Å². The molecule has 0 spiro atoms. The Labute approximate surface area is 220 Å². The number of sulfonamides is 1. The van der Waals surface area contributed by atoms with Gasteiger partial charge in [0.2, 0.25) is 10.0 Å². The van der Waals surface area contributed by atoms with Crippen LogP contribution in [0, 0.1) is 5.82 Å². The fourth-order valence-corrected chi connectivity index (χ4v) is 7.90. The number of halogens is 3. The van der Waals surface area contributed by atoms with Gasteiger partial charge in [0.15, 0.2) is 0 Å². The van der Waals surface area contributed by atoms with Gasteiger partial charge in [-0.1, -0.05) is 11.6 Å². The Kier molecular flexibility index (Phi) is 6.32. The predicted octanol–water partition coefficient (Wildman–Crippen LogP) is 4.03. The number of amides is 1. The normalized spacial score (nSPS) is 24.3. The summed E-state index contributed by atoms with van der Waals surface area (Å²) in [6.07, 6.45) is 1.77. The van der Waals surface area contributed by atoms with Crippen LogP contribution in [0.1, 0.15) is 41.6 Å². The van der Waals surface area contributed by atoms with E-state index in [1.165, 1.54) is 16.4 Å². The van der Waals surface area contributed by atoms with Gasteiger partial charge in [0.25, 0.3) is 5.91 Å². The molecule has 198 valence electrons. The number of nitrogens with zero attached hydrogens (tertiary/aromatic N) is 3. The smallest absolute Gasteiger partial charge is 0.255 e. The minimum Gasteiger partial charge on any atom is -0.491 e. The first kappa shape index (κ1) is 24.9. The molecule has 2 aromatic carbocycles. The molecule has 2 unspecified atom stereocenters. The number of ether oxygens (including phenoxy) is 1. The van der Waals surface area contributed by atoms with Crippen LogP contribution in [0.2, 0.25) is 5.02 Å². The molecule has 11 heteroatoms. The summed E-state index contributed by atoms with van der Waals surface area (Å²) in [5.74, 6) is -0.0283. The summed E-state index contributed by atoms with van der Waals surface area (Å²) in [5, 5.41) is 0.0840. The third-order valence-electron chi connectivity index (χ3n) is 7.97. The quantitative estimate of drug-likeness (QED) is 0.574. The van der Waals surface area contributed by atoms with Crippen molar-refractivity contribution in [2.75, 3.05) is 37.7 Å². The van der Waals surface area contributed by atoms with Gasteiger partial charge in [-0.15, -0.1) is 0 Å². The molecule has 4 aliphatic rings. The molecule has 6 rings (SSSR count). The van der Waals surface area contributed by atoms with Crippen LogP contribution in [0.4, 0.5) is 14.5 Å². The first-order valence-electron chi connectivity index (χ1n) is 12.7. The average molecular weight is 552 g/mol. The van der Waals surface area contributed by atoms with Gasteiger partial charge >= 0.3 is 0 Å². The van der Waals surface area contributed by atoms with Crippen LogP contribution in [0.15, 0.2) is 35.2 Å². The number of hydrogen-bond donors (Lipinski definition) is 0. The summed E-state index contributed by atoms with van der Waals surface area (Å²) in [6, 6.07) is 7.14. The number of piperidine rings is 1. The number of piperazine rings is 1. The Morgan fingerprint density at radius 1 is 1.03 bits per heavy atom. The number of fused-ring (bicyclic) bond motifs is 3. The summed E-state index contributed by atoms with van der Waals surface area (Å²) in [6.45, 7) is 1.71. The number of carbonyl (C=O) groups excluding carboxylic acids is 1. The topological polar surface area (TPSA) is 70.2 Å². The van der Waals surface area contributed by atoms with E-state index >= 15 is 0 Å². The molecular formula is C26H28ClF2N3O4S. The Morgan fingerprint density at radius 3 is 2.41 bits per heavy atom. The number of likely N-dealkylation sites (tertiary alicyclic amines) is 1. The van der Waals surface area contributed by atoms with Crippen molar-refractivity contribution >= 4 is 33.2 Å². The molecule has 7 nitrogen and oxygen atoms in total. The van der Waals surface area contributed by atoms with Gasteiger partial charge in [-0.05, 0) is 56.0 Å². The number of alkyl halides is 1. The summed E-state index contributed by atoms with van der Waals surface area (Å²) >= 11 is 6.16. The van der Waals surface area contributed by atoms with Crippen LogP contribution in [0.5, 0.6) is 5.75 Å². The summed E-state index contributed by atoms with van der Waals surface area (Å²) in [7, 11) is -3.78. The first-order valence-corrected chi connectivity index (χ1v) is 14.5. The van der Waals surface area contributed by atoms with Crippen LogP contribution in [0.3, 0.4) is 0 Å². The molecule has 0 radical (unpaired) electrons. The van der Waals surface area contributed by atoms with Crippen LogP contribution in [-0.2, 0) is 16.4 Å². The van der Waals surface area contributed by atoms with Crippen molar-refractivity contribution in [1.82, 2.24) is 9.21 Å². The maximum absolute atomic E-state index is 13.7. The fraction of sp³-hybridized carbons (Fsp3) is 0.500. The zero-order valence-corrected chi connectivity index (χ0v) is 21.8. The molecule has 0 N–H and O–H groups in total. The lowest BCUT2D eigenvalue weighted by molar-refractivity contribution is 0.0718. The lowest BCUT2D eigenvalue weighted by atomic mass is 10.1. The van der Waals surface area contributed by atoms with Crippen molar-refractivity contribution in [2.24, 2.45) is 0 Å². The molecule has 2 atom stereocenters. The molecule has 0 aromatic heterocycles. The largest absolute Gasteiger partial charge is 0.491 e. The van der Waals surface area contributed by atoms with Gasteiger partial charge in [0.05, 0.1) is 27.8 Å². The van der Waals surface area contributed by atoms with E-state index < -0.39 is 22.0 Å². The van der Waals surface area contributed by atoms with E-state index in [4.69, 9.17) is 16.3 Å². The van der Waals surface area contributed by atoms with E-state index in [9.17, 15) is 22.0 Å². The van der Waals surface area contributed by atoms with Crippen LogP contribution in [0.25, 0.3) is 0 Å². The van der Waals surface area contributed by atoms with E-state index in [2.05, 4.69) is 4.90 Å². The lowest BCUT2D eigenvalue weighted by Crippen LogP contribution is -2.55. The summed E-state index contributed by atoms with van der Waals surface area (Å²) in [4.78, 5) is 17.4. The third-order valence-corrected chi connectivity index (χ3v) is 10.2. The van der Waals surface area contributed by atoms with E-state index in [1.807, 2.05) is 0 Å². The Hall–Kier alpha value is -2.43. The van der Waals surface area contributed by atoms with Crippen molar-refractivity contribution in [3.63, 3.8) is 0 Å². The number of hydrogen-bond acceptors (Lipinski definition) is 5. The van der Waals surface area contributed by atoms with Crippen molar-refractivity contribution in [3.05, 3.63) is 52.3 Å². The van der Waals surface area contributed by atoms with E-state index in [-0.39, 0.29) is 59.4 Å². The average Bonchev–Trinajstić information content (AvgIpc) is 3.45. The summed E-state index contributed by atoms with van der Waals surface area (Å²) < 4.78 is 61.5. The number of rotatable bonds is 4. The molecule has 2 bridgehead atoms. The highest BCUT2D eigenvalue weighted by Crippen LogP contribution is 2.45. The highest BCUT2D eigenvalue weighted by atomic mass is 35.5. The van der Waals surface area contributed by atoms with Crippen LogP contribution < -0.4 is 9.64 Å². The fourth-order valence-electron chi connectivity index (χ4n) is 6.11. The van der Waals surface area contributed by atoms with Crippen molar-refractivity contribution in [1.29, 1.82) is 0 Å². The highest BCUT2D eigenvalue weighted by molar-refractivity contribution is 7.89. The molecule has 3 saturated heterocycles. The second-order valence-electron chi connectivity index (χ2n) is 10.2. The van der Waals surface area contributed by atoms with Crippen molar-refractivity contribution in [3.8, 4) is 5.75 Å². The Bertz CT molecular complexity index is 1340. The van der Waals surface area contributed by atoms with Crippen LogP contribution >= 0.6 is 11.6 Å². The monoisotopic (exact) mass is 551 g/mol. The van der Waals surface area contributed by atoms with Gasteiger partial charge < -0.3 is 14.5 Å². The van der Waals surface area contributed by atoms with E-state index in [1.54, 1.807) is 17.0 Å². The molecule has 3 fully saturated rings. The molecule has 4 aliphatic heterocycles. The minimum atomic E-state index is -3.78. The maximum Gasteiger partial charge on any atom is 0.255 e. The zero-order chi connectivity index (χ0) is 25.9. The Balaban J connectivity index is 1.30. The molecule has 1 amide bonds. The summed E-state index contributed by atoms with van der Waals surface area (Å²) in [5.41, 5.74) is 1.87. The highest BCUT2D eigenvalue weighted by Gasteiger charge is 2.44. The molecule has 0 saturated carbocycles. The second-order valence-corrected chi connectivity index (χ2v) is 12.6.